The second-order valence-electron chi connectivity index (χ2n) is 4.93. The van der Waals surface area contributed by atoms with Gasteiger partial charge in [0.2, 0.25) is 5.91 Å². The molecule has 1 aromatic carbocycles. The third kappa shape index (κ3) is 3.29. The monoisotopic (exact) mass is 293 g/mol. The van der Waals surface area contributed by atoms with Gasteiger partial charge in [0, 0.05) is 31.8 Å². The molecule has 0 radical (unpaired) electrons. The number of nitro benzene ring substituents is 1. The molecule has 4 N–H and O–H groups in total. The lowest BCUT2D eigenvalue weighted by atomic mass is 10.1. The van der Waals surface area contributed by atoms with Gasteiger partial charge in [-0.25, -0.2) is 0 Å². The van der Waals surface area contributed by atoms with E-state index in [4.69, 9.17) is 5.84 Å². The Kier molecular flexibility index (Phi) is 4.71. The Morgan fingerprint density at radius 3 is 2.95 bits per heavy atom. The number of benzene rings is 1. The van der Waals surface area contributed by atoms with Crippen molar-refractivity contribution in [2.24, 2.45) is 5.84 Å². The van der Waals surface area contributed by atoms with E-state index in [9.17, 15) is 14.9 Å². The number of carbonyl (C=O) groups is 1. The Labute approximate surface area is 122 Å². The minimum atomic E-state index is -0.440. The molecule has 1 aromatic rings. The van der Waals surface area contributed by atoms with Crippen LogP contribution < -0.4 is 16.6 Å². The highest BCUT2D eigenvalue weighted by atomic mass is 16.6. The fraction of sp³-hybridized carbons (Fsp3) is 0.462. The van der Waals surface area contributed by atoms with Crippen LogP contribution in [0.2, 0.25) is 0 Å². The molecule has 1 unspecified atom stereocenters. The maximum absolute atomic E-state index is 11.9. The lowest BCUT2D eigenvalue weighted by Gasteiger charge is -2.34. The molecule has 0 saturated carbocycles. The average Bonchev–Trinajstić information content (AvgIpc) is 2.47. The Morgan fingerprint density at radius 1 is 1.57 bits per heavy atom. The van der Waals surface area contributed by atoms with Gasteiger partial charge in [-0.2, -0.15) is 0 Å². The molecule has 0 spiro atoms. The summed E-state index contributed by atoms with van der Waals surface area (Å²) in [5.74, 6) is 5.46. The average molecular weight is 293 g/mol. The van der Waals surface area contributed by atoms with E-state index < -0.39 is 4.92 Å². The standard InChI is InChI=1S/C13H19N5O3/c1-2-12-13(19)15-5-6-17(12)8-9-7-10(18(20)21)3-4-11(9)16-14/h3-4,7,12,16H,2,5-6,8,14H2,1H3,(H,15,19). The van der Waals surface area contributed by atoms with Crippen molar-refractivity contribution in [1.82, 2.24) is 10.2 Å². The molecular formula is C13H19N5O3. The molecule has 21 heavy (non-hydrogen) atoms. The van der Waals surface area contributed by atoms with E-state index in [1.54, 1.807) is 6.07 Å². The van der Waals surface area contributed by atoms with Crippen LogP contribution in [0.1, 0.15) is 18.9 Å². The maximum Gasteiger partial charge on any atom is 0.269 e. The minimum absolute atomic E-state index is 0.00330. The highest BCUT2D eigenvalue weighted by Gasteiger charge is 2.28. The number of non-ortho nitro benzene ring substituents is 1. The van der Waals surface area contributed by atoms with Crippen molar-refractivity contribution in [3.8, 4) is 0 Å². The van der Waals surface area contributed by atoms with E-state index in [1.165, 1.54) is 12.1 Å². The Morgan fingerprint density at radius 2 is 2.33 bits per heavy atom. The largest absolute Gasteiger partial charge is 0.353 e. The summed E-state index contributed by atoms with van der Waals surface area (Å²) in [7, 11) is 0. The summed E-state index contributed by atoms with van der Waals surface area (Å²) in [6.45, 7) is 3.66. The normalized spacial score (nSPS) is 19.1. The van der Waals surface area contributed by atoms with Gasteiger partial charge in [-0.05, 0) is 18.1 Å². The molecule has 8 heteroatoms. The van der Waals surface area contributed by atoms with E-state index in [2.05, 4.69) is 10.7 Å². The first-order valence-corrected chi connectivity index (χ1v) is 6.82. The summed E-state index contributed by atoms with van der Waals surface area (Å²) in [6.07, 6.45) is 0.687. The van der Waals surface area contributed by atoms with E-state index in [1.807, 2.05) is 11.8 Å². The van der Waals surface area contributed by atoms with Crippen LogP contribution in [-0.4, -0.2) is 34.9 Å². The Balaban J connectivity index is 2.26. The molecule has 1 saturated heterocycles. The van der Waals surface area contributed by atoms with Crippen LogP contribution >= 0.6 is 0 Å². The molecule has 1 aliphatic heterocycles. The summed E-state index contributed by atoms with van der Waals surface area (Å²) in [4.78, 5) is 24.3. The number of anilines is 1. The number of piperazine rings is 1. The van der Waals surface area contributed by atoms with Gasteiger partial charge in [0.25, 0.3) is 5.69 Å². The number of nitrogens with two attached hydrogens (primary N) is 1. The van der Waals surface area contributed by atoms with Crippen molar-refractivity contribution in [2.75, 3.05) is 18.5 Å². The summed E-state index contributed by atoms with van der Waals surface area (Å²) < 4.78 is 0. The van der Waals surface area contributed by atoms with E-state index >= 15 is 0 Å². The number of hydrazine groups is 1. The van der Waals surface area contributed by atoms with Crippen molar-refractivity contribution in [3.05, 3.63) is 33.9 Å². The van der Waals surface area contributed by atoms with Crippen LogP contribution in [0, 0.1) is 10.1 Å². The smallest absolute Gasteiger partial charge is 0.269 e. The second kappa shape index (κ2) is 6.51. The molecule has 1 heterocycles. The minimum Gasteiger partial charge on any atom is -0.353 e. The van der Waals surface area contributed by atoms with Crippen molar-refractivity contribution in [1.29, 1.82) is 0 Å². The topological polar surface area (TPSA) is 114 Å². The van der Waals surface area contributed by atoms with Crippen LogP contribution in [-0.2, 0) is 11.3 Å². The highest BCUT2D eigenvalue weighted by Crippen LogP contribution is 2.24. The van der Waals surface area contributed by atoms with Gasteiger partial charge in [-0.1, -0.05) is 6.92 Å². The van der Waals surface area contributed by atoms with E-state index in [0.717, 1.165) is 0 Å². The second-order valence-corrected chi connectivity index (χ2v) is 4.93. The summed E-state index contributed by atoms with van der Waals surface area (Å²) in [5, 5.41) is 13.7. The summed E-state index contributed by atoms with van der Waals surface area (Å²) in [6, 6.07) is 4.26. The van der Waals surface area contributed by atoms with Crippen molar-refractivity contribution >= 4 is 17.3 Å². The molecule has 1 aliphatic rings. The SMILES string of the molecule is CCC1C(=O)NCCN1Cc1cc([N+](=O)[O-])ccc1NN. The molecule has 0 aromatic heterocycles. The van der Waals surface area contributed by atoms with Gasteiger partial charge in [0.1, 0.15) is 0 Å². The van der Waals surface area contributed by atoms with Crippen molar-refractivity contribution < 1.29 is 9.72 Å². The number of nitro groups is 1. The molecule has 1 atom stereocenters. The molecule has 0 aliphatic carbocycles. The van der Waals surface area contributed by atoms with Gasteiger partial charge >= 0.3 is 0 Å². The number of carbonyl (C=O) groups excluding carboxylic acids is 1. The van der Waals surface area contributed by atoms with Crippen LogP contribution in [0.5, 0.6) is 0 Å². The molecule has 114 valence electrons. The third-order valence-electron chi connectivity index (χ3n) is 3.66. The lowest BCUT2D eigenvalue weighted by Crippen LogP contribution is -2.54. The zero-order chi connectivity index (χ0) is 15.4. The number of nitrogen functional groups attached to an aromatic ring is 1. The first-order valence-electron chi connectivity index (χ1n) is 6.82. The van der Waals surface area contributed by atoms with E-state index in [-0.39, 0.29) is 17.6 Å². The van der Waals surface area contributed by atoms with Crippen LogP contribution in [0.25, 0.3) is 0 Å². The zero-order valence-electron chi connectivity index (χ0n) is 11.8. The molecular weight excluding hydrogens is 274 g/mol. The first kappa shape index (κ1) is 15.2. The lowest BCUT2D eigenvalue weighted by molar-refractivity contribution is -0.384. The zero-order valence-corrected chi connectivity index (χ0v) is 11.8. The number of hydrogen-bond donors (Lipinski definition) is 3. The van der Waals surface area contributed by atoms with Crippen LogP contribution in [0.3, 0.4) is 0 Å². The first-order chi connectivity index (χ1) is 10.1. The Bertz CT molecular complexity index is 549. The highest BCUT2D eigenvalue weighted by molar-refractivity contribution is 5.82. The van der Waals surface area contributed by atoms with Gasteiger partial charge in [0.15, 0.2) is 0 Å². The van der Waals surface area contributed by atoms with Crippen molar-refractivity contribution in [3.63, 3.8) is 0 Å². The molecule has 1 fully saturated rings. The number of nitrogens with zero attached hydrogens (tertiary/aromatic N) is 2. The predicted molar refractivity (Wildman–Crippen MR) is 78.4 cm³/mol. The van der Waals surface area contributed by atoms with Gasteiger partial charge in [-0.3, -0.25) is 25.7 Å². The van der Waals surface area contributed by atoms with Gasteiger partial charge in [0.05, 0.1) is 16.7 Å². The van der Waals surface area contributed by atoms with Crippen LogP contribution in [0.15, 0.2) is 18.2 Å². The quantitative estimate of drug-likeness (QED) is 0.416. The summed E-state index contributed by atoms with van der Waals surface area (Å²) in [5.41, 5.74) is 3.89. The number of hydrogen-bond acceptors (Lipinski definition) is 6. The predicted octanol–water partition coefficient (Wildman–Crippen LogP) is 0.591. The number of amides is 1. The van der Waals surface area contributed by atoms with Crippen LogP contribution in [0.4, 0.5) is 11.4 Å². The fourth-order valence-corrected chi connectivity index (χ4v) is 2.58. The molecule has 8 nitrogen and oxygen atoms in total. The van der Waals surface area contributed by atoms with Crippen molar-refractivity contribution in [2.45, 2.75) is 25.9 Å². The molecule has 0 bridgehead atoms. The molecule has 2 rings (SSSR count). The van der Waals surface area contributed by atoms with Gasteiger partial charge in [-0.15, -0.1) is 0 Å². The molecule has 1 amide bonds. The summed E-state index contributed by atoms with van der Waals surface area (Å²) >= 11 is 0. The maximum atomic E-state index is 11.9. The third-order valence-corrected chi connectivity index (χ3v) is 3.66. The fourth-order valence-electron chi connectivity index (χ4n) is 2.58. The Hall–Kier alpha value is -2.19. The van der Waals surface area contributed by atoms with Gasteiger partial charge < -0.3 is 10.7 Å². The number of nitrogens with one attached hydrogen (secondary N) is 2. The number of rotatable bonds is 5. The van der Waals surface area contributed by atoms with E-state index in [0.29, 0.717) is 37.3 Å².